The number of anilines is 1. The second-order valence-electron chi connectivity index (χ2n) is 8.59. The fraction of sp³-hybridized carbons (Fsp3) is 0.143. The number of fused-ring (bicyclic) bond motifs is 4. The van der Waals surface area contributed by atoms with Gasteiger partial charge in [-0.25, -0.2) is 0 Å². The van der Waals surface area contributed by atoms with E-state index in [2.05, 4.69) is 88.0 Å². The molecule has 1 nitrogen and oxygen atoms in total. The Labute approximate surface area is 172 Å². The summed E-state index contributed by atoms with van der Waals surface area (Å²) in [6, 6.07) is 24.1. The van der Waals surface area contributed by atoms with E-state index in [1.807, 2.05) is 12.1 Å². The number of aryl methyl sites for hydroxylation is 1. The number of nitrogens with two attached hydrogens (primary N) is 1. The van der Waals surface area contributed by atoms with Crippen LogP contribution in [0.2, 0.25) is 0 Å². The Balaban J connectivity index is 1.77. The van der Waals surface area contributed by atoms with Gasteiger partial charge in [-0.1, -0.05) is 75.0 Å². The van der Waals surface area contributed by atoms with E-state index in [4.69, 9.17) is 5.73 Å². The smallest absolute Gasteiger partial charge is 0.0317 e. The van der Waals surface area contributed by atoms with Crippen LogP contribution in [0.25, 0.3) is 39.1 Å². The molecular weight excluding hydrogens is 350 g/mol. The van der Waals surface area contributed by atoms with Gasteiger partial charge in [0.15, 0.2) is 0 Å². The van der Waals surface area contributed by atoms with E-state index < -0.39 is 0 Å². The Kier molecular flexibility index (Phi) is 3.73. The number of nitrogen functional groups attached to an aromatic ring is 1. The normalized spacial score (nSPS) is 13.9. The first kappa shape index (κ1) is 17.8. The van der Waals surface area contributed by atoms with Crippen molar-refractivity contribution in [1.29, 1.82) is 0 Å². The molecule has 0 atom stereocenters. The molecule has 2 N–H and O–H groups in total. The Morgan fingerprint density at radius 2 is 1.45 bits per heavy atom. The topological polar surface area (TPSA) is 26.0 Å². The lowest BCUT2D eigenvalue weighted by Crippen LogP contribution is -2.15. The van der Waals surface area contributed by atoms with Crippen LogP contribution in [-0.2, 0) is 5.41 Å². The molecule has 0 aliphatic heterocycles. The molecule has 0 amide bonds. The number of hydrogen-bond donors (Lipinski definition) is 1. The fourth-order valence-corrected chi connectivity index (χ4v) is 4.97. The first-order valence-electron chi connectivity index (χ1n) is 10.1. The van der Waals surface area contributed by atoms with Gasteiger partial charge in [0.05, 0.1) is 0 Å². The van der Waals surface area contributed by atoms with E-state index in [1.165, 1.54) is 55.3 Å². The van der Waals surface area contributed by atoms with Gasteiger partial charge in [-0.15, -0.1) is 0 Å². The second kappa shape index (κ2) is 6.09. The molecule has 0 aromatic heterocycles. The maximum atomic E-state index is 6.11. The molecule has 1 aliphatic rings. The lowest BCUT2D eigenvalue weighted by atomic mass is 9.81. The highest BCUT2D eigenvalue weighted by atomic mass is 14.5. The van der Waals surface area contributed by atoms with Gasteiger partial charge in [0.1, 0.15) is 0 Å². The van der Waals surface area contributed by atoms with Crippen molar-refractivity contribution in [3.05, 3.63) is 95.6 Å². The number of benzene rings is 4. The second-order valence-corrected chi connectivity index (χ2v) is 8.59. The maximum Gasteiger partial charge on any atom is 0.0317 e. The molecule has 0 unspecified atom stereocenters. The zero-order valence-corrected chi connectivity index (χ0v) is 17.2. The van der Waals surface area contributed by atoms with Crippen molar-refractivity contribution in [3.8, 4) is 22.3 Å². The van der Waals surface area contributed by atoms with Crippen molar-refractivity contribution < 1.29 is 0 Å². The summed E-state index contributed by atoms with van der Waals surface area (Å²) in [5, 5.41) is 2.53. The molecule has 0 spiro atoms. The lowest BCUT2D eigenvalue weighted by Gasteiger charge is -2.22. The van der Waals surface area contributed by atoms with Crippen molar-refractivity contribution >= 4 is 22.5 Å². The van der Waals surface area contributed by atoms with Crippen LogP contribution in [0.5, 0.6) is 0 Å². The predicted octanol–water partition coefficient (Wildman–Crippen LogP) is 7.35. The van der Waals surface area contributed by atoms with Gasteiger partial charge in [0.25, 0.3) is 0 Å². The Hall–Kier alpha value is -3.32. The van der Waals surface area contributed by atoms with Crippen LogP contribution < -0.4 is 5.73 Å². The minimum atomic E-state index is -0.0675. The largest absolute Gasteiger partial charge is 0.399 e. The molecule has 0 radical (unpaired) electrons. The predicted molar refractivity (Wildman–Crippen MR) is 126 cm³/mol. The summed E-state index contributed by atoms with van der Waals surface area (Å²) in [5.74, 6) is 0. The van der Waals surface area contributed by atoms with Crippen LogP contribution in [0.1, 0.15) is 36.1 Å². The van der Waals surface area contributed by atoms with Gasteiger partial charge in [-0.3, -0.25) is 0 Å². The summed E-state index contributed by atoms with van der Waals surface area (Å²) in [6.45, 7) is 10.8. The van der Waals surface area contributed by atoms with E-state index in [1.54, 1.807) is 0 Å². The van der Waals surface area contributed by atoms with Gasteiger partial charge in [-0.2, -0.15) is 0 Å². The average molecular weight is 376 g/mol. The standard InChI is InChI=1S/C28H25N/c1-5-20-17(2)14-25(22-9-7-6-8-21(20)22)18-10-12-23-24-13-11-19(29)16-27(24)28(3,4)26(23)15-18/h5-16H,1,29H2,2-4H3. The number of hydrogen-bond acceptors (Lipinski definition) is 1. The zero-order valence-electron chi connectivity index (χ0n) is 17.2. The third-order valence-electron chi connectivity index (χ3n) is 6.51. The molecule has 0 fully saturated rings. The highest BCUT2D eigenvalue weighted by Gasteiger charge is 2.35. The van der Waals surface area contributed by atoms with Gasteiger partial charge in [-0.05, 0) is 80.4 Å². The molecular formula is C28H25N. The van der Waals surface area contributed by atoms with Crippen LogP contribution in [0.15, 0.2) is 73.3 Å². The lowest BCUT2D eigenvalue weighted by molar-refractivity contribution is 0.661. The van der Waals surface area contributed by atoms with E-state index in [0.29, 0.717) is 0 Å². The van der Waals surface area contributed by atoms with Crippen molar-refractivity contribution in [2.24, 2.45) is 0 Å². The van der Waals surface area contributed by atoms with Crippen molar-refractivity contribution in [3.63, 3.8) is 0 Å². The molecule has 0 heterocycles. The highest BCUT2D eigenvalue weighted by molar-refractivity contribution is 6.02. The monoisotopic (exact) mass is 375 g/mol. The summed E-state index contributed by atoms with van der Waals surface area (Å²) in [7, 11) is 0. The molecule has 0 bridgehead atoms. The molecule has 5 rings (SSSR count). The van der Waals surface area contributed by atoms with Gasteiger partial charge in [0.2, 0.25) is 0 Å². The summed E-state index contributed by atoms with van der Waals surface area (Å²) < 4.78 is 0. The quantitative estimate of drug-likeness (QED) is 0.364. The maximum absolute atomic E-state index is 6.11. The average Bonchev–Trinajstić information content (AvgIpc) is 2.94. The third kappa shape index (κ3) is 2.47. The van der Waals surface area contributed by atoms with E-state index in [-0.39, 0.29) is 5.41 Å². The van der Waals surface area contributed by atoms with Crippen LogP contribution in [-0.4, -0.2) is 0 Å². The van der Waals surface area contributed by atoms with Crippen molar-refractivity contribution in [2.75, 3.05) is 5.73 Å². The molecule has 4 aromatic carbocycles. The molecule has 0 saturated carbocycles. The van der Waals surface area contributed by atoms with E-state index in [9.17, 15) is 0 Å². The highest BCUT2D eigenvalue weighted by Crippen LogP contribution is 2.50. The van der Waals surface area contributed by atoms with Crippen LogP contribution in [0.4, 0.5) is 5.69 Å². The molecule has 142 valence electrons. The zero-order chi connectivity index (χ0) is 20.3. The van der Waals surface area contributed by atoms with Crippen molar-refractivity contribution in [1.82, 2.24) is 0 Å². The summed E-state index contributed by atoms with van der Waals surface area (Å²) in [4.78, 5) is 0. The SMILES string of the molecule is C=Cc1c(C)cc(-c2ccc3c(c2)C(C)(C)c2cc(N)ccc2-3)c2ccccc12. The summed E-state index contributed by atoms with van der Waals surface area (Å²) >= 11 is 0. The van der Waals surface area contributed by atoms with E-state index >= 15 is 0 Å². The first-order valence-corrected chi connectivity index (χ1v) is 10.1. The molecule has 1 aliphatic carbocycles. The number of rotatable bonds is 2. The Morgan fingerprint density at radius 1 is 0.793 bits per heavy atom. The molecule has 0 saturated heterocycles. The van der Waals surface area contributed by atoms with E-state index in [0.717, 1.165) is 5.69 Å². The summed E-state index contributed by atoms with van der Waals surface area (Å²) in [6.07, 6.45) is 1.97. The minimum absolute atomic E-state index is 0.0675. The summed E-state index contributed by atoms with van der Waals surface area (Å²) in [5.41, 5.74) is 17.2. The third-order valence-corrected chi connectivity index (χ3v) is 6.51. The van der Waals surface area contributed by atoms with Crippen LogP contribution in [0, 0.1) is 6.92 Å². The van der Waals surface area contributed by atoms with Gasteiger partial charge >= 0.3 is 0 Å². The van der Waals surface area contributed by atoms with Crippen LogP contribution >= 0.6 is 0 Å². The Morgan fingerprint density at radius 3 is 2.17 bits per heavy atom. The first-order chi connectivity index (χ1) is 13.9. The van der Waals surface area contributed by atoms with Gasteiger partial charge < -0.3 is 5.73 Å². The minimum Gasteiger partial charge on any atom is -0.399 e. The molecule has 4 aromatic rings. The Bertz CT molecular complexity index is 1310. The van der Waals surface area contributed by atoms with Crippen molar-refractivity contribution in [2.45, 2.75) is 26.2 Å². The fourth-order valence-electron chi connectivity index (χ4n) is 4.97. The molecule has 29 heavy (non-hydrogen) atoms. The van der Waals surface area contributed by atoms with Crippen LogP contribution in [0.3, 0.4) is 0 Å². The molecule has 1 heteroatoms. The van der Waals surface area contributed by atoms with Gasteiger partial charge in [0, 0.05) is 11.1 Å².